The highest BCUT2D eigenvalue weighted by atomic mass is 16.3. The summed E-state index contributed by atoms with van der Waals surface area (Å²) in [6.45, 7) is 5.78. The number of carbonyl (C=O) groups is 2. The molecular formula is C23H26N4O3. The number of furan rings is 1. The van der Waals surface area contributed by atoms with Crippen molar-refractivity contribution in [2.45, 2.75) is 45.8 Å². The number of hydrogen-bond acceptors (Lipinski definition) is 4. The molecule has 7 heteroatoms. The minimum absolute atomic E-state index is 0.0933. The summed E-state index contributed by atoms with van der Waals surface area (Å²) in [4.78, 5) is 27.6. The van der Waals surface area contributed by atoms with E-state index >= 15 is 0 Å². The van der Waals surface area contributed by atoms with E-state index in [4.69, 9.17) is 4.42 Å². The van der Waals surface area contributed by atoms with Crippen molar-refractivity contribution in [3.05, 3.63) is 77.0 Å². The summed E-state index contributed by atoms with van der Waals surface area (Å²) < 4.78 is 6.99. The number of carbonyl (C=O) groups excluding carboxylic acids is 2. The number of aryl methyl sites for hydroxylation is 2. The van der Waals surface area contributed by atoms with Crippen LogP contribution in [0.3, 0.4) is 0 Å². The fourth-order valence-electron chi connectivity index (χ4n) is 3.81. The summed E-state index contributed by atoms with van der Waals surface area (Å²) in [6, 6.07) is 13.4. The van der Waals surface area contributed by atoms with Crippen LogP contribution in [0.4, 0.5) is 0 Å². The maximum atomic E-state index is 13.1. The van der Waals surface area contributed by atoms with Crippen LogP contribution in [-0.2, 0) is 19.5 Å². The quantitative estimate of drug-likeness (QED) is 0.682. The zero-order valence-corrected chi connectivity index (χ0v) is 17.3. The fourth-order valence-corrected chi connectivity index (χ4v) is 3.81. The van der Waals surface area contributed by atoms with Crippen molar-refractivity contribution in [2.24, 2.45) is 0 Å². The molecule has 0 bridgehead atoms. The lowest BCUT2D eigenvalue weighted by molar-refractivity contribution is 0.0745. The lowest BCUT2D eigenvalue weighted by Crippen LogP contribution is -2.34. The largest absolute Gasteiger partial charge is 0.469 e. The van der Waals surface area contributed by atoms with Crippen LogP contribution in [0.1, 0.15) is 51.2 Å². The van der Waals surface area contributed by atoms with Gasteiger partial charge < -0.3 is 14.6 Å². The average molecular weight is 406 g/mol. The first kappa shape index (κ1) is 19.9. The van der Waals surface area contributed by atoms with Gasteiger partial charge in [-0.2, -0.15) is 5.10 Å². The van der Waals surface area contributed by atoms with E-state index in [1.807, 2.05) is 49.1 Å². The summed E-state index contributed by atoms with van der Waals surface area (Å²) in [5.74, 6) is 0.433. The van der Waals surface area contributed by atoms with Gasteiger partial charge in [-0.1, -0.05) is 29.8 Å². The molecule has 0 saturated carbocycles. The Morgan fingerprint density at radius 3 is 2.87 bits per heavy atom. The second-order valence-corrected chi connectivity index (χ2v) is 7.87. The third-order valence-corrected chi connectivity index (χ3v) is 5.24. The highest BCUT2D eigenvalue weighted by molar-refractivity contribution is 5.98. The van der Waals surface area contributed by atoms with Crippen molar-refractivity contribution in [1.29, 1.82) is 0 Å². The lowest BCUT2D eigenvalue weighted by Gasteiger charge is -2.20. The van der Waals surface area contributed by atoms with Gasteiger partial charge >= 0.3 is 0 Å². The van der Waals surface area contributed by atoms with Gasteiger partial charge in [0.2, 0.25) is 0 Å². The molecule has 0 unspecified atom stereocenters. The second kappa shape index (κ2) is 8.57. The van der Waals surface area contributed by atoms with Crippen molar-refractivity contribution in [1.82, 2.24) is 20.0 Å². The van der Waals surface area contributed by atoms with Crippen LogP contribution in [0.5, 0.6) is 0 Å². The Morgan fingerprint density at radius 1 is 1.23 bits per heavy atom. The van der Waals surface area contributed by atoms with E-state index in [-0.39, 0.29) is 23.6 Å². The normalized spacial score (nSPS) is 14.9. The molecule has 0 spiro atoms. The molecule has 3 aromatic rings. The topological polar surface area (TPSA) is 80.4 Å². The van der Waals surface area contributed by atoms with Gasteiger partial charge in [-0.05, 0) is 38.0 Å². The molecule has 1 aromatic carbocycles. The van der Waals surface area contributed by atoms with Crippen LogP contribution in [0.15, 0.2) is 53.1 Å². The molecule has 0 aliphatic carbocycles. The molecule has 1 N–H and O–H groups in total. The van der Waals surface area contributed by atoms with E-state index in [2.05, 4.69) is 16.5 Å². The number of aromatic nitrogens is 2. The van der Waals surface area contributed by atoms with E-state index < -0.39 is 0 Å². The van der Waals surface area contributed by atoms with E-state index in [0.29, 0.717) is 31.7 Å². The molecule has 0 saturated heterocycles. The van der Waals surface area contributed by atoms with Gasteiger partial charge in [0.05, 0.1) is 6.26 Å². The van der Waals surface area contributed by atoms with E-state index in [1.165, 1.54) is 5.56 Å². The third kappa shape index (κ3) is 4.45. The van der Waals surface area contributed by atoms with Gasteiger partial charge in [-0.15, -0.1) is 0 Å². The number of benzene rings is 1. The Labute approximate surface area is 175 Å². The van der Waals surface area contributed by atoms with Gasteiger partial charge in [-0.25, -0.2) is 0 Å². The predicted molar refractivity (Wildman–Crippen MR) is 112 cm³/mol. The van der Waals surface area contributed by atoms with Crippen LogP contribution in [0, 0.1) is 6.92 Å². The van der Waals surface area contributed by atoms with Crippen molar-refractivity contribution < 1.29 is 14.0 Å². The SMILES string of the molecule is Cc1cccc(CN2CCCn3nc(C(=O)N[C@@H](C)Cc4ccco4)cc3C2=O)c1. The minimum Gasteiger partial charge on any atom is -0.469 e. The summed E-state index contributed by atoms with van der Waals surface area (Å²) in [5.41, 5.74) is 2.99. The molecular weight excluding hydrogens is 380 g/mol. The number of nitrogens with zero attached hydrogens (tertiary/aromatic N) is 3. The number of fused-ring (bicyclic) bond motifs is 1. The smallest absolute Gasteiger partial charge is 0.272 e. The van der Waals surface area contributed by atoms with Crippen LogP contribution in [0.25, 0.3) is 0 Å². The van der Waals surface area contributed by atoms with Crippen LogP contribution in [0.2, 0.25) is 0 Å². The highest BCUT2D eigenvalue weighted by Gasteiger charge is 2.26. The van der Waals surface area contributed by atoms with Gasteiger partial charge in [0, 0.05) is 38.2 Å². The maximum Gasteiger partial charge on any atom is 0.272 e. The molecule has 3 heterocycles. The Morgan fingerprint density at radius 2 is 2.10 bits per heavy atom. The van der Waals surface area contributed by atoms with Crippen molar-refractivity contribution in [3.63, 3.8) is 0 Å². The number of nitrogens with one attached hydrogen (secondary N) is 1. The predicted octanol–water partition coefficient (Wildman–Crippen LogP) is 3.19. The first-order valence-corrected chi connectivity index (χ1v) is 10.3. The number of hydrogen-bond donors (Lipinski definition) is 1. The summed E-state index contributed by atoms with van der Waals surface area (Å²) >= 11 is 0. The summed E-state index contributed by atoms with van der Waals surface area (Å²) in [6.07, 6.45) is 3.00. The van der Waals surface area contributed by atoms with Crippen LogP contribution >= 0.6 is 0 Å². The molecule has 7 nitrogen and oxygen atoms in total. The average Bonchev–Trinajstić information content (AvgIpc) is 3.34. The van der Waals surface area contributed by atoms with Crippen molar-refractivity contribution in [2.75, 3.05) is 6.54 Å². The first-order valence-electron chi connectivity index (χ1n) is 10.3. The van der Waals surface area contributed by atoms with Crippen LogP contribution < -0.4 is 5.32 Å². The Balaban J connectivity index is 1.46. The molecule has 4 rings (SSSR count). The van der Waals surface area contributed by atoms with Crippen molar-refractivity contribution >= 4 is 11.8 Å². The molecule has 2 aromatic heterocycles. The van der Waals surface area contributed by atoms with Gasteiger partial charge in [0.25, 0.3) is 11.8 Å². The monoisotopic (exact) mass is 406 g/mol. The minimum atomic E-state index is -0.285. The fraction of sp³-hybridized carbons (Fsp3) is 0.348. The molecule has 156 valence electrons. The van der Waals surface area contributed by atoms with Crippen LogP contribution in [-0.4, -0.2) is 39.1 Å². The Hall–Kier alpha value is -3.35. The van der Waals surface area contributed by atoms with Gasteiger partial charge in [0.15, 0.2) is 5.69 Å². The first-order chi connectivity index (χ1) is 14.5. The Kier molecular flexibility index (Phi) is 5.70. The maximum absolute atomic E-state index is 13.1. The molecule has 1 aliphatic heterocycles. The zero-order chi connectivity index (χ0) is 21.1. The van der Waals surface area contributed by atoms with E-state index in [1.54, 1.807) is 17.0 Å². The molecule has 1 atom stereocenters. The molecule has 0 radical (unpaired) electrons. The number of rotatable bonds is 6. The molecule has 2 amide bonds. The second-order valence-electron chi connectivity index (χ2n) is 7.87. The highest BCUT2D eigenvalue weighted by Crippen LogP contribution is 2.17. The standard InChI is InChI=1S/C23H26N4O3/c1-16-6-3-7-18(12-16)15-26-9-5-10-27-21(23(26)29)14-20(25-27)22(28)24-17(2)13-19-8-4-11-30-19/h3-4,6-8,11-12,14,17H,5,9-10,13,15H2,1-2H3,(H,24,28)/t17-/m0/s1. The molecule has 1 aliphatic rings. The summed E-state index contributed by atoms with van der Waals surface area (Å²) in [5, 5.41) is 7.33. The van der Waals surface area contributed by atoms with Gasteiger partial charge in [-0.3, -0.25) is 14.3 Å². The molecule has 0 fully saturated rings. The van der Waals surface area contributed by atoms with Gasteiger partial charge in [0.1, 0.15) is 11.5 Å². The van der Waals surface area contributed by atoms with E-state index in [9.17, 15) is 9.59 Å². The molecule has 30 heavy (non-hydrogen) atoms. The van der Waals surface area contributed by atoms with E-state index in [0.717, 1.165) is 17.7 Å². The third-order valence-electron chi connectivity index (χ3n) is 5.24. The van der Waals surface area contributed by atoms with Crippen molar-refractivity contribution in [3.8, 4) is 0 Å². The summed E-state index contributed by atoms with van der Waals surface area (Å²) in [7, 11) is 0. The number of amides is 2. The lowest BCUT2D eigenvalue weighted by atomic mass is 10.1. The zero-order valence-electron chi connectivity index (χ0n) is 17.3. The Bertz CT molecular complexity index is 1040.